The molecule has 1 nitrogen and oxygen atoms in total. The van der Waals surface area contributed by atoms with Crippen molar-refractivity contribution in [2.24, 2.45) is 5.92 Å². The molecule has 10 heavy (non-hydrogen) atoms. The zero-order valence-electron chi connectivity index (χ0n) is 7.78. The predicted octanol–water partition coefficient (Wildman–Crippen LogP) is 2.67. The molecular weight excluding hydrogens is 122 g/mol. The molecule has 0 aliphatic rings. The molecule has 0 aliphatic carbocycles. The molecule has 0 bridgehead atoms. The number of nitrogens with one attached hydrogen (secondary N) is 1. The van der Waals surface area contributed by atoms with Gasteiger partial charge in [-0.15, -0.1) is 0 Å². The molecular formula is C9H23N. The Morgan fingerprint density at radius 3 is 2.20 bits per heavy atom. The lowest BCUT2D eigenvalue weighted by Gasteiger charge is -2.08. The van der Waals surface area contributed by atoms with E-state index in [1.165, 1.54) is 19.4 Å². The van der Waals surface area contributed by atoms with Crippen molar-refractivity contribution in [2.75, 3.05) is 6.54 Å². The summed E-state index contributed by atoms with van der Waals surface area (Å²) in [6.07, 6.45) is 2.66. The van der Waals surface area contributed by atoms with Crippen molar-refractivity contribution in [3.05, 3.63) is 0 Å². The fraction of sp³-hybridized carbons (Fsp3) is 1.00. The van der Waals surface area contributed by atoms with Crippen LogP contribution in [0.1, 0.15) is 42.0 Å². The third kappa shape index (κ3) is 7.96. The Hall–Kier alpha value is -0.0400. The van der Waals surface area contributed by atoms with Crippen molar-refractivity contribution in [2.45, 2.75) is 46.6 Å². The van der Waals surface area contributed by atoms with E-state index in [9.17, 15) is 0 Å². The van der Waals surface area contributed by atoms with Crippen LogP contribution < -0.4 is 5.32 Å². The monoisotopic (exact) mass is 145 g/mol. The van der Waals surface area contributed by atoms with Gasteiger partial charge >= 0.3 is 0 Å². The van der Waals surface area contributed by atoms with E-state index in [1.807, 2.05) is 0 Å². The van der Waals surface area contributed by atoms with Crippen LogP contribution in [0, 0.1) is 5.92 Å². The first-order chi connectivity index (χ1) is 4.63. The largest absolute Gasteiger partial charge is 0.315 e. The SMILES string of the molecule is CC(C)CCCNC(C)C.[HH]. The van der Waals surface area contributed by atoms with E-state index in [0.717, 1.165) is 5.92 Å². The van der Waals surface area contributed by atoms with E-state index in [1.54, 1.807) is 0 Å². The molecule has 0 heterocycles. The molecule has 64 valence electrons. The zero-order valence-corrected chi connectivity index (χ0v) is 7.78. The first-order valence-corrected chi connectivity index (χ1v) is 4.36. The summed E-state index contributed by atoms with van der Waals surface area (Å²) < 4.78 is 0. The highest BCUT2D eigenvalue weighted by atomic mass is 14.9. The summed E-state index contributed by atoms with van der Waals surface area (Å²) in [7, 11) is 0. The highest BCUT2D eigenvalue weighted by Gasteiger charge is 1.94. The van der Waals surface area contributed by atoms with Gasteiger partial charge in [0, 0.05) is 7.47 Å². The van der Waals surface area contributed by atoms with Crippen molar-refractivity contribution in [1.82, 2.24) is 5.32 Å². The zero-order chi connectivity index (χ0) is 7.98. The molecule has 1 N–H and O–H groups in total. The second-order valence-electron chi connectivity index (χ2n) is 3.64. The van der Waals surface area contributed by atoms with Crippen molar-refractivity contribution < 1.29 is 1.43 Å². The van der Waals surface area contributed by atoms with Gasteiger partial charge in [0.05, 0.1) is 0 Å². The van der Waals surface area contributed by atoms with E-state index in [-0.39, 0.29) is 1.43 Å². The Bertz CT molecular complexity index is 62.0. The number of hydrogen-bond acceptors (Lipinski definition) is 1. The Morgan fingerprint density at radius 1 is 1.20 bits per heavy atom. The molecule has 0 rings (SSSR count). The first-order valence-electron chi connectivity index (χ1n) is 4.36. The van der Waals surface area contributed by atoms with E-state index in [0.29, 0.717) is 6.04 Å². The number of hydrogen-bond donors (Lipinski definition) is 1. The van der Waals surface area contributed by atoms with Crippen molar-refractivity contribution >= 4 is 0 Å². The summed E-state index contributed by atoms with van der Waals surface area (Å²) in [6, 6.07) is 0.646. The van der Waals surface area contributed by atoms with Crippen LogP contribution in [-0.4, -0.2) is 12.6 Å². The lowest BCUT2D eigenvalue weighted by atomic mass is 10.1. The second kappa shape index (κ2) is 5.72. The molecule has 0 amide bonds. The maximum Gasteiger partial charge on any atom is 0.00103 e. The van der Waals surface area contributed by atoms with Gasteiger partial charge in [-0.25, -0.2) is 0 Å². The predicted molar refractivity (Wildman–Crippen MR) is 49.3 cm³/mol. The van der Waals surface area contributed by atoms with Gasteiger partial charge in [0.25, 0.3) is 0 Å². The van der Waals surface area contributed by atoms with Crippen LogP contribution in [0.2, 0.25) is 0 Å². The van der Waals surface area contributed by atoms with Crippen LogP contribution in [0.15, 0.2) is 0 Å². The summed E-state index contributed by atoms with van der Waals surface area (Å²) in [5.41, 5.74) is 0. The summed E-state index contributed by atoms with van der Waals surface area (Å²) in [6.45, 7) is 10.1. The molecule has 0 aromatic heterocycles. The summed E-state index contributed by atoms with van der Waals surface area (Å²) in [5.74, 6) is 0.856. The van der Waals surface area contributed by atoms with Crippen LogP contribution in [-0.2, 0) is 0 Å². The quantitative estimate of drug-likeness (QED) is 0.586. The second-order valence-corrected chi connectivity index (χ2v) is 3.64. The Balaban J connectivity index is 0. The molecule has 0 aliphatic heterocycles. The topological polar surface area (TPSA) is 12.0 Å². The molecule has 0 radical (unpaired) electrons. The van der Waals surface area contributed by atoms with E-state index in [2.05, 4.69) is 33.0 Å². The van der Waals surface area contributed by atoms with Crippen LogP contribution >= 0.6 is 0 Å². The molecule has 0 fully saturated rings. The molecule has 0 saturated carbocycles. The van der Waals surface area contributed by atoms with Gasteiger partial charge in [-0.3, -0.25) is 0 Å². The lowest BCUT2D eigenvalue weighted by Crippen LogP contribution is -2.23. The highest BCUT2D eigenvalue weighted by molar-refractivity contribution is 4.53. The summed E-state index contributed by atoms with van der Waals surface area (Å²) >= 11 is 0. The van der Waals surface area contributed by atoms with Gasteiger partial charge in [0.15, 0.2) is 0 Å². The van der Waals surface area contributed by atoms with Crippen LogP contribution in [0.25, 0.3) is 0 Å². The van der Waals surface area contributed by atoms with Crippen LogP contribution in [0.4, 0.5) is 0 Å². The molecule has 0 aromatic rings. The standard InChI is InChI=1S/C9H21N.H2/c1-8(2)6-5-7-10-9(3)4;/h8-10H,5-7H2,1-4H3;1H. The molecule has 1 heteroatoms. The van der Waals surface area contributed by atoms with Crippen molar-refractivity contribution in [3.8, 4) is 0 Å². The molecule has 0 saturated heterocycles. The third-order valence-electron chi connectivity index (χ3n) is 1.51. The average molecular weight is 145 g/mol. The maximum atomic E-state index is 3.40. The van der Waals surface area contributed by atoms with Gasteiger partial charge in [0.1, 0.15) is 0 Å². The van der Waals surface area contributed by atoms with Crippen LogP contribution in [0.3, 0.4) is 0 Å². The smallest absolute Gasteiger partial charge is 0.00103 e. The minimum atomic E-state index is 0. The molecule has 0 unspecified atom stereocenters. The first kappa shape index (κ1) is 9.96. The fourth-order valence-corrected chi connectivity index (χ4v) is 0.901. The minimum Gasteiger partial charge on any atom is -0.315 e. The van der Waals surface area contributed by atoms with Gasteiger partial charge in [0.2, 0.25) is 0 Å². The van der Waals surface area contributed by atoms with Crippen molar-refractivity contribution in [1.29, 1.82) is 0 Å². The number of rotatable bonds is 5. The Labute approximate surface area is 66.7 Å². The van der Waals surface area contributed by atoms with Gasteiger partial charge in [-0.2, -0.15) is 0 Å². The van der Waals surface area contributed by atoms with E-state index in [4.69, 9.17) is 0 Å². The summed E-state index contributed by atoms with van der Waals surface area (Å²) in [4.78, 5) is 0. The average Bonchev–Trinajstić information content (AvgIpc) is 1.79. The Kier molecular flexibility index (Phi) is 5.70. The molecule has 0 atom stereocenters. The van der Waals surface area contributed by atoms with Gasteiger partial charge in [-0.05, 0) is 25.3 Å². The van der Waals surface area contributed by atoms with Crippen molar-refractivity contribution in [3.63, 3.8) is 0 Å². The molecule has 0 aromatic carbocycles. The fourth-order valence-electron chi connectivity index (χ4n) is 0.901. The van der Waals surface area contributed by atoms with Gasteiger partial charge < -0.3 is 5.32 Å². The maximum absolute atomic E-state index is 3.40. The summed E-state index contributed by atoms with van der Waals surface area (Å²) in [5, 5.41) is 3.40. The highest BCUT2D eigenvalue weighted by Crippen LogP contribution is 2.01. The minimum absolute atomic E-state index is 0. The van der Waals surface area contributed by atoms with Crippen LogP contribution in [0.5, 0.6) is 0 Å². The Morgan fingerprint density at radius 2 is 1.80 bits per heavy atom. The molecule has 0 spiro atoms. The van der Waals surface area contributed by atoms with E-state index < -0.39 is 0 Å². The van der Waals surface area contributed by atoms with E-state index >= 15 is 0 Å². The lowest BCUT2D eigenvalue weighted by molar-refractivity contribution is 0.503. The van der Waals surface area contributed by atoms with Gasteiger partial charge in [-0.1, -0.05) is 27.7 Å². The normalized spacial score (nSPS) is 11.4. The third-order valence-corrected chi connectivity index (χ3v) is 1.51.